The molecular formula is C19H41O5P. The Balaban J connectivity index is 0. The Kier molecular flexibility index (Phi) is 23.3. The summed E-state index contributed by atoms with van der Waals surface area (Å²) in [5, 5.41) is 0. The molecule has 0 bridgehead atoms. The summed E-state index contributed by atoms with van der Waals surface area (Å²) in [5.74, 6) is 0. The number of hydrogen-bond donors (Lipinski definition) is 3. The van der Waals surface area contributed by atoms with E-state index in [2.05, 4.69) is 6.92 Å². The van der Waals surface area contributed by atoms with E-state index in [1.165, 1.54) is 89.9 Å². The van der Waals surface area contributed by atoms with Gasteiger partial charge >= 0.3 is 7.82 Å². The summed E-state index contributed by atoms with van der Waals surface area (Å²) in [6.45, 7) is 5.17. The molecule has 0 aliphatic heterocycles. The Labute approximate surface area is 155 Å². The fraction of sp³-hybridized carbons (Fsp3) is 0.895. The van der Waals surface area contributed by atoms with Crippen molar-refractivity contribution in [2.24, 2.45) is 0 Å². The predicted molar refractivity (Wildman–Crippen MR) is 105 cm³/mol. The van der Waals surface area contributed by atoms with Crippen molar-refractivity contribution in [3.05, 3.63) is 12.3 Å². The van der Waals surface area contributed by atoms with E-state index >= 15 is 0 Å². The molecule has 0 fully saturated rings. The molecule has 0 heterocycles. The van der Waals surface area contributed by atoms with Crippen LogP contribution in [0.3, 0.4) is 0 Å². The quantitative estimate of drug-likeness (QED) is 0.171. The van der Waals surface area contributed by atoms with E-state index in [1.54, 1.807) is 6.26 Å². The van der Waals surface area contributed by atoms with Gasteiger partial charge in [-0.3, -0.25) is 0 Å². The molecule has 0 aromatic carbocycles. The van der Waals surface area contributed by atoms with Crippen LogP contribution >= 0.6 is 7.82 Å². The van der Waals surface area contributed by atoms with Gasteiger partial charge in [0.2, 0.25) is 0 Å². The van der Waals surface area contributed by atoms with E-state index in [-0.39, 0.29) is 0 Å². The summed E-state index contributed by atoms with van der Waals surface area (Å²) in [7, 11) is -4.64. The van der Waals surface area contributed by atoms with Crippen LogP contribution in [0.15, 0.2) is 12.3 Å². The Morgan fingerprint density at radius 1 is 0.720 bits per heavy atom. The maximum Gasteiger partial charge on any atom is 0.466 e. The van der Waals surface area contributed by atoms with Crippen LogP contribution in [0.1, 0.15) is 104 Å². The number of ether oxygens (including phenoxy) is 1. The smallest absolute Gasteiger partial charge is 0.466 e. The zero-order chi connectivity index (χ0) is 19.2. The maximum absolute atomic E-state index is 8.88. The average molecular weight is 381 g/mol. The highest BCUT2D eigenvalue weighted by atomic mass is 31.2. The van der Waals surface area contributed by atoms with Gasteiger partial charge in [-0.05, 0) is 13.3 Å². The second-order valence-corrected chi connectivity index (χ2v) is 7.48. The first kappa shape index (κ1) is 26.9. The molecular weight excluding hydrogens is 339 g/mol. The van der Waals surface area contributed by atoms with Gasteiger partial charge in [0.05, 0.1) is 12.9 Å². The zero-order valence-electron chi connectivity index (χ0n) is 16.4. The Hall–Kier alpha value is -0.350. The van der Waals surface area contributed by atoms with E-state index in [4.69, 9.17) is 24.0 Å². The highest BCUT2D eigenvalue weighted by Crippen LogP contribution is 2.25. The largest absolute Gasteiger partial charge is 0.502 e. The average Bonchev–Trinajstić information content (AvgIpc) is 2.53. The molecule has 0 radical (unpaired) electrons. The van der Waals surface area contributed by atoms with Gasteiger partial charge in [0.15, 0.2) is 0 Å². The van der Waals surface area contributed by atoms with Crippen molar-refractivity contribution in [2.75, 3.05) is 6.61 Å². The van der Waals surface area contributed by atoms with E-state index in [9.17, 15) is 0 Å². The highest BCUT2D eigenvalue weighted by molar-refractivity contribution is 7.45. The van der Waals surface area contributed by atoms with E-state index in [1.807, 2.05) is 13.0 Å². The standard InChI is InChI=1S/C19H38O.H3O4P/c1-3-5-6-7-8-9-10-11-12-13-14-15-16-17-19-20-18-4-2;1-5(2,3)4/h4,18H,3,5-17,19H2,1-2H3;(H3,1,2,3,4)/b18-4+;. The van der Waals surface area contributed by atoms with Gasteiger partial charge in [-0.1, -0.05) is 96.5 Å². The van der Waals surface area contributed by atoms with Crippen LogP contribution in [0.25, 0.3) is 0 Å². The molecule has 0 unspecified atom stereocenters. The molecule has 6 heteroatoms. The second kappa shape index (κ2) is 21.7. The summed E-state index contributed by atoms with van der Waals surface area (Å²) in [4.78, 5) is 21.6. The lowest BCUT2D eigenvalue weighted by molar-refractivity contribution is 0.240. The highest BCUT2D eigenvalue weighted by Gasteiger charge is 2.00. The molecule has 0 atom stereocenters. The van der Waals surface area contributed by atoms with E-state index in [0.717, 1.165) is 6.61 Å². The molecule has 0 amide bonds. The van der Waals surface area contributed by atoms with Crippen LogP contribution in [0.5, 0.6) is 0 Å². The first-order valence-electron chi connectivity index (χ1n) is 9.92. The van der Waals surface area contributed by atoms with Gasteiger partial charge in [0.25, 0.3) is 0 Å². The number of unbranched alkanes of at least 4 members (excludes halogenated alkanes) is 13. The lowest BCUT2D eigenvalue weighted by atomic mass is 10.0. The van der Waals surface area contributed by atoms with Gasteiger partial charge < -0.3 is 19.4 Å². The number of phosphoric acid groups is 1. The summed E-state index contributed by atoms with van der Waals surface area (Å²) in [6.07, 6.45) is 23.5. The van der Waals surface area contributed by atoms with Gasteiger partial charge in [-0.2, -0.15) is 0 Å². The normalized spacial score (nSPS) is 11.4. The van der Waals surface area contributed by atoms with Crippen LogP contribution in [-0.2, 0) is 9.30 Å². The van der Waals surface area contributed by atoms with Crippen LogP contribution in [0.2, 0.25) is 0 Å². The third kappa shape index (κ3) is 40.0. The van der Waals surface area contributed by atoms with Crippen LogP contribution < -0.4 is 0 Å². The molecule has 0 spiro atoms. The summed E-state index contributed by atoms with van der Waals surface area (Å²) in [5.41, 5.74) is 0. The second-order valence-electron chi connectivity index (χ2n) is 6.45. The Bertz CT molecular complexity index is 307. The SMILES string of the molecule is C/C=C/OCCCCCCCCCCCCCCCC.O=P(O)(O)O. The van der Waals surface area contributed by atoms with E-state index in [0.29, 0.717) is 0 Å². The lowest BCUT2D eigenvalue weighted by Crippen LogP contribution is -1.88. The third-order valence-electron chi connectivity index (χ3n) is 3.85. The van der Waals surface area contributed by atoms with Gasteiger partial charge in [0.1, 0.15) is 0 Å². The first-order valence-corrected chi connectivity index (χ1v) is 11.5. The Morgan fingerprint density at radius 2 is 1.04 bits per heavy atom. The lowest BCUT2D eigenvalue weighted by Gasteiger charge is -2.03. The minimum absolute atomic E-state index is 0.891. The monoisotopic (exact) mass is 380 g/mol. The van der Waals surface area contributed by atoms with Crippen molar-refractivity contribution >= 4 is 7.82 Å². The van der Waals surface area contributed by atoms with Crippen molar-refractivity contribution in [1.29, 1.82) is 0 Å². The predicted octanol–water partition coefficient (Wildman–Crippen LogP) is 6.09. The molecule has 0 aromatic heterocycles. The zero-order valence-corrected chi connectivity index (χ0v) is 17.3. The van der Waals surface area contributed by atoms with Crippen molar-refractivity contribution in [1.82, 2.24) is 0 Å². The van der Waals surface area contributed by atoms with Crippen LogP contribution in [0.4, 0.5) is 0 Å². The summed E-state index contributed by atoms with van der Waals surface area (Å²) in [6, 6.07) is 0. The molecule has 0 aliphatic rings. The van der Waals surface area contributed by atoms with E-state index < -0.39 is 7.82 Å². The minimum atomic E-state index is -4.64. The van der Waals surface area contributed by atoms with Crippen molar-refractivity contribution in [3.8, 4) is 0 Å². The topological polar surface area (TPSA) is 87.0 Å². The van der Waals surface area contributed by atoms with Gasteiger partial charge in [-0.15, -0.1) is 0 Å². The van der Waals surface area contributed by atoms with Crippen LogP contribution in [0, 0.1) is 0 Å². The maximum atomic E-state index is 8.88. The molecule has 0 aromatic rings. The summed E-state index contributed by atoms with van der Waals surface area (Å²) < 4.78 is 14.2. The molecule has 152 valence electrons. The van der Waals surface area contributed by atoms with Crippen molar-refractivity contribution in [2.45, 2.75) is 104 Å². The molecule has 0 saturated carbocycles. The third-order valence-corrected chi connectivity index (χ3v) is 3.85. The van der Waals surface area contributed by atoms with Gasteiger partial charge in [-0.25, -0.2) is 4.57 Å². The molecule has 25 heavy (non-hydrogen) atoms. The number of hydrogen-bond acceptors (Lipinski definition) is 2. The fourth-order valence-corrected chi connectivity index (χ4v) is 2.54. The molecule has 0 saturated heterocycles. The van der Waals surface area contributed by atoms with Crippen molar-refractivity contribution in [3.63, 3.8) is 0 Å². The van der Waals surface area contributed by atoms with Crippen molar-refractivity contribution < 1.29 is 24.0 Å². The molecule has 3 N–H and O–H groups in total. The molecule has 5 nitrogen and oxygen atoms in total. The Morgan fingerprint density at radius 3 is 1.36 bits per heavy atom. The summed E-state index contributed by atoms with van der Waals surface area (Å²) >= 11 is 0. The number of rotatable bonds is 16. The minimum Gasteiger partial charge on any atom is -0.502 e. The molecule has 0 aliphatic carbocycles. The van der Waals surface area contributed by atoms with Crippen LogP contribution in [-0.4, -0.2) is 21.3 Å². The first-order chi connectivity index (χ1) is 11.9. The fourth-order valence-electron chi connectivity index (χ4n) is 2.54. The number of allylic oxidation sites excluding steroid dienone is 1. The van der Waals surface area contributed by atoms with Gasteiger partial charge in [0, 0.05) is 0 Å². The molecule has 0 rings (SSSR count).